The van der Waals surface area contributed by atoms with Gasteiger partial charge < -0.3 is 0 Å². The van der Waals surface area contributed by atoms with Gasteiger partial charge in [0.05, 0.1) is 10.1 Å². The van der Waals surface area contributed by atoms with E-state index in [1.54, 1.807) is 30.5 Å². The van der Waals surface area contributed by atoms with Gasteiger partial charge in [-0.3, -0.25) is 5.21 Å². The lowest BCUT2D eigenvalue weighted by atomic mass is 10.1. The van der Waals surface area contributed by atoms with Crippen molar-refractivity contribution >= 4 is 16.1 Å². The number of hydroxylamine groups is 1. The Morgan fingerprint density at radius 1 is 1.14 bits per heavy atom. The topological polar surface area (TPSA) is 57.4 Å². The fourth-order valence-corrected chi connectivity index (χ4v) is 4.32. The Bertz CT molecular complexity index is 618. The van der Waals surface area contributed by atoms with Crippen molar-refractivity contribution in [3.63, 3.8) is 0 Å². The molecule has 0 unspecified atom stereocenters. The molecular formula is C16H24NO3S+. The van der Waals surface area contributed by atoms with Gasteiger partial charge in [-0.25, -0.2) is 8.42 Å². The van der Waals surface area contributed by atoms with Crippen molar-refractivity contribution in [3.05, 3.63) is 29.8 Å². The summed E-state index contributed by atoms with van der Waals surface area (Å²) in [6.07, 6.45) is 5.14. The van der Waals surface area contributed by atoms with Crippen molar-refractivity contribution in [3.8, 4) is 0 Å². The minimum absolute atomic E-state index is 0.226. The molecule has 0 saturated heterocycles. The number of hydrogen-bond donors (Lipinski definition) is 1. The third-order valence-electron chi connectivity index (χ3n) is 3.91. The first-order valence-electron chi connectivity index (χ1n) is 7.38. The van der Waals surface area contributed by atoms with Crippen LogP contribution in [-0.4, -0.2) is 35.4 Å². The molecule has 1 fully saturated rings. The number of hydrogen-bond acceptors (Lipinski definition) is 3. The van der Waals surface area contributed by atoms with E-state index >= 15 is 0 Å². The molecule has 1 aliphatic carbocycles. The molecule has 0 amide bonds. The van der Waals surface area contributed by atoms with E-state index in [0.717, 1.165) is 36.0 Å². The van der Waals surface area contributed by atoms with Gasteiger partial charge in [0.25, 0.3) is 0 Å². The van der Waals surface area contributed by atoms with E-state index in [4.69, 9.17) is 0 Å². The van der Waals surface area contributed by atoms with Crippen LogP contribution in [0.4, 0.5) is 0 Å². The lowest BCUT2D eigenvalue weighted by molar-refractivity contribution is -0.816. The molecule has 0 atom stereocenters. The first-order chi connectivity index (χ1) is 9.71. The zero-order valence-electron chi connectivity index (χ0n) is 12.9. The van der Waals surface area contributed by atoms with E-state index in [2.05, 4.69) is 0 Å². The first kappa shape index (κ1) is 16.0. The Hall–Kier alpha value is -1.36. The van der Waals surface area contributed by atoms with Crippen molar-refractivity contribution in [2.75, 3.05) is 0 Å². The van der Waals surface area contributed by atoms with Crippen LogP contribution in [0.3, 0.4) is 0 Å². The number of sulfone groups is 1. The van der Waals surface area contributed by atoms with Gasteiger partial charge in [0.15, 0.2) is 9.84 Å². The molecule has 1 aromatic carbocycles. The van der Waals surface area contributed by atoms with Crippen LogP contribution in [-0.2, 0) is 9.84 Å². The fraction of sp³-hybridized carbons (Fsp3) is 0.562. The Morgan fingerprint density at radius 3 is 2.14 bits per heavy atom. The summed E-state index contributed by atoms with van der Waals surface area (Å²) in [5.74, 6) is 0. The maximum absolute atomic E-state index is 12.5. The van der Waals surface area contributed by atoms with Gasteiger partial charge in [0, 0.05) is 26.3 Å². The third-order valence-corrected chi connectivity index (χ3v) is 6.19. The van der Waals surface area contributed by atoms with Gasteiger partial charge in [0.1, 0.15) is 0 Å². The van der Waals surface area contributed by atoms with E-state index in [1.165, 1.54) is 0 Å². The van der Waals surface area contributed by atoms with Crippen LogP contribution in [0, 0.1) is 0 Å². The second-order valence-electron chi connectivity index (χ2n) is 6.66. The number of rotatable bonds is 3. The molecule has 0 aliphatic heterocycles. The van der Waals surface area contributed by atoms with Crippen LogP contribution >= 0.6 is 0 Å². The molecule has 0 aromatic heterocycles. The molecule has 116 valence electrons. The average molecular weight is 310 g/mol. The van der Waals surface area contributed by atoms with Crippen molar-refractivity contribution in [2.45, 2.75) is 62.1 Å². The Kier molecular flexibility index (Phi) is 4.42. The van der Waals surface area contributed by atoms with E-state index < -0.39 is 15.4 Å². The van der Waals surface area contributed by atoms with Crippen molar-refractivity contribution in [2.24, 2.45) is 0 Å². The van der Waals surface area contributed by atoms with Gasteiger partial charge in [0.2, 0.25) is 11.8 Å². The van der Waals surface area contributed by atoms with Gasteiger partial charge in [-0.2, -0.15) is 0 Å². The smallest absolute Gasteiger partial charge is 0.223 e. The maximum atomic E-state index is 12.5. The van der Waals surface area contributed by atoms with Crippen LogP contribution in [0.5, 0.6) is 0 Å². The molecule has 0 spiro atoms. The van der Waals surface area contributed by atoms with E-state index in [1.807, 2.05) is 20.8 Å². The molecule has 1 N–H and O–H groups in total. The van der Waals surface area contributed by atoms with Crippen LogP contribution in [0.2, 0.25) is 0 Å². The Labute approximate surface area is 127 Å². The molecule has 1 aliphatic rings. The summed E-state index contributed by atoms with van der Waals surface area (Å²) in [5.41, 5.74) is 0.381. The normalized spacial score (nSPS) is 18.1. The van der Waals surface area contributed by atoms with Gasteiger partial charge >= 0.3 is 0 Å². The quantitative estimate of drug-likeness (QED) is 0.404. The second-order valence-corrected chi connectivity index (χ2v) is 8.89. The van der Waals surface area contributed by atoms with Crippen LogP contribution in [0.15, 0.2) is 29.2 Å². The monoisotopic (exact) mass is 310 g/mol. The first-order valence-corrected chi connectivity index (χ1v) is 8.93. The Balaban J connectivity index is 2.23. The summed E-state index contributed by atoms with van der Waals surface area (Å²) in [6, 6.07) is 6.74. The summed E-state index contributed by atoms with van der Waals surface area (Å²) in [5, 5.41) is 9.67. The van der Waals surface area contributed by atoms with Crippen LogP contribution in [0.25, 0.3) is 0 Å². The fourth-order valence-electron chi connectivity index (χ4n) is 2.47. The van der Waals surface area contributed by atoms with E-state index in [9.17, 15) is 13.6 Å². The highest BCUT2D eigenvalue weighted by atomic mass is 32.2. The SMILES string of the molecule is CC(C)(C)/[N+](O)=C/c1ccc(S(=O)(=O)C2CCCC2)cc1. The van der Waals surface area contributed by atoms with E-state index in [0.29, 0.717) is 4.90 Å². The zero-order valence-corrected chi connectivity index (χ0v) is 13.7. The minimum atomic E-state index is -3.20. The largest absolute Gasteiger partial charge is 0.290 e. The molecule has 2 rings (SSSR count). The molecule has 0 heterocycles. The maximum Gasteiger partial charge on any atom is 0.223 e. The standard InChI is InChI=1S/C16H24NO3S/c1-16(2,3)17(18)12-13-8-10-15(11-9-13)21(19,20)14-6-4-5-7-14/h8-12,14,18H,4-7H2,1-3H3/q+1/b17-12-. The molecule has 0 bridgehead atoms. The lowest BCUT2D eigenvalue weighted by Gasteiger charge is -2.11. The average Bonchev–Trinajstić information content (AvgIpc) is 2.92. The molecular weight excluding hydrogens is 286 g/mol. The zero-order chi connectivity index (χ0) is 15.7. The van der Waals surface area contributed by atoms with Crippen molar-refractivity contribution < 1.29 is 18.4 Å². The van der Waals surface area contributed by atoms with Crippen LogP contribution < -0.4 is 0 Å². The summed E-state index contributed by atoms with van der Waals surface area (Å²) in [7, 11) is -3.20. The van der Waals surface area contributed by atoms with Crippen molar-refractivity contribution in [1.29, 1.82) is 0 Å². The summed E-state index contributed by atoms with van der Waals surface area (Å²) >= 11 is 0. The lowest BCUT2D eigenvalue weighted by Crippen LogP contribution is -2.31. The van der Waals surface area contributed by atoms with Gasteiger partial charge in [-0.05, 0) is 41.8 Å². The third kappa shape index (κ3) is 3.64. The second kappa shape index (κ2) is 5.79. The molecule has 5 heteroatoms. The molecule has 21 heavy (non-hydrogen) atoms. The minimum Gasteiger partial charge on any atom is -0.290 e. The summed E-state index contributed by atoms with van der Waals surface area (Å²) in [4.78, 5) is 0.381. The molecule has 1 aromatic rings. The Morgan fingerprint density at radius 2 is 1.67 bits per heavy atom. The highest BCUT2D eigenvalue weighted by Crippen LogP contribution is 2.29. The van der Waals surface area contributed by atoms with Gasteiger partial charge in [-0.15, -0.1) is 0 Å². The highest BCUT2D eigenvalue weighted by Gasteiger charge is 2.30. The number of benzene rings is 1. The highest BCUT2D eigenvalue weighted by molar-refractivity contribution is 7.92. The van der Waals surface area contributed by atoms with E-state index in [-0.39, 0.29) is 5.25 Å². The molecule has 0 radical (unpaired) electrons. The number of nitrogens with zero attached hydrogens (tertiary/aromatic N) is 1. The predicted octanol–water partition coefficient (Wildman–Crippen LogP) is 3.02. The summed E-state index contributed by atoms with van der Waals surface area (Å²) < 4.78 is 26.0. The predicted molar refractivity (Wildman–Crippen MR) is 82.8 cm³/mol. The van der Waals surface area contributed by atoms with Crippen molar-refractivity contribution in [1.82, 2.24) is 0 Å². The molecule has 1 saturated carbocycles. The molecule has 4 nitrogen and oxygen atoms in total. The van der Waals surface area contributed by atoms with Crippen LogP contribution in [0.1, 0.15) is 52.0 Å². The summed E-state index contributed by atoms with van der Waals surface area (Å²) in [6.45, 7) is 5.67. The van der Waals surface area contributed by atoms with Gasteiger partial charge in [-0.1, -0.05) is 12.8 Å².